The fraction of sp³-hybridized carbons (Fsp3) is 0.375. The number of terminal acetylenes is 1. The Hall–Kier alpha value is -2.48. The highest BCUT2D eigenvalue weighted by Gasteiger charge is 2.29. The van der Waals surface area contributed by atoms with Crippen molar-refractivity contribution in [2.45, 2.75) is 12.8 Å². The zero-order valence-corrected chi connectivity index (χ0v) is 12.0. The molecule has 1 aromatic rings. The third-order valence-electron chi connectivity index (χ3n) is 3.51. The van der Waals surface area contributed by atoms with Crippen molar-refractivity contribution in [2.24, 2.45) is 5.92 Å². The van der Waals surface area contributed by atoms with Gasteiger partial charge in [-0.05, 0) is 30.9 Å². The summed E-state index contributed by atoms with van der Waals surface area (Å²) in [5.74, 6) is 1.95. The fourth-order valence-corrected chi connectivity index (χ4v) is 2.19. The van der Waals surface area contributed by atoms with Crippen molar-refractivity contribution in [3.63, 3.8) is 0 Å². The highest BCUT2D eigenvalue weighted by molar-refractivity contribution is 6.01. The minimum Gasteiger partial charge on any atom is -0.478 e. The summed E-state index contributed by atoms with van der Waals surface area (Å²) in [6, 6.07) is 6.17. The van der Waals surface area contributed by atoms with E-state index in [1.807, 2.05) is 0 Å². The number of rotatable bonds is 5. The first-order valence-electron chi connectivity index (χ1n) is 6.83. The maximum atomic E-state index is 12.5. The number of hydrogen-bond donors (Lipinski definition) is 1. The van der Waals surface area contributed by atoms with Gasteiger partial charge in [0.2, 0.25) is 0 Å². The summed E-state index contributed by atoms with van der Waals surface area (Å²) in [5.41, 5.74) is 0.466. The van der Waals surface area contributed by atoms with Gasteiger partial charge in [0, 0.05) is 13.6 Å². The minimum atomic E-state index is -1.06. The maximum absolute atomic E-state index is 12.5. The fourth-order valence-electron chi connectivity index (χ4n) is 2.19. The Kier molecular flexibility index (Phi) is 4.49. The predicted octanol–water partition coefficient (Wildman–Crippen LogP) is 2.29. The van der Waals surface area contributed by atoms with E-state index in [1.165, 1.54) is 11.0 Å². The molecule has 1 N–H and O–H groups in total. The number of amides is 2. The summed E-state index contributed by atoms with van der Waals surface area (Å²) in [6.07, 6.45) is 7.55. The molecule has 0 spiro atoms. The highest BCUT2D eigenvalue weighted by Crippen LogP contribution is 2.30. The Balaban J connectivity index is 2.20. The van der Waals surface area contributed by atoms with Gasteiger partial charge >= 0.3 is 12.0 Å². The van der Waals surface area contributed by atoms with E-state index in [9.17, 15) is 14.7 Å². The molecule has 0 atom stereocenters. The van der Waals surface area contributed by atoms with E-state index in [0.717, 1.165) is 12.8 Å². The Morgan fingerprint density at radius 1 is 1.38 bits per heavy atom. The Bertz CT molecular complexity index is 587. The van der Waals surface area contributed by atoms with E-state index >= 15 is 0 Å². The van der Waals surface area contributed by atoms with Gasteiger partial charge in [-0.15, -0.1) is 6.42 Å². The van der Waals surface area contributed by atoms with E-state index in [4.69, 9.17) is 6.42 Å². The average Bonchev–Trinajstić information content (AvgIpc) is 3.29. The number of hydrogen-bond acceptors (Lipinski definition) is 2. The van der Waals surface area contributed by atoms with Gasteiger partial charge in [-0.25, -0.2) is 9.59 Å². The zero-order chi connectivity index (χ0) is 15.4. The number of carbonyl (C=O) groups excluding carboxylic acids is 1. The molecule has 1 aliphatic carbocycles. The first-order chi connectivity index (χ1) is 10.0. The summed E-state index contributed by atoms with van der Waals surface area (Å²) >= 11 is 0. The second kappa shape index (κ2) is 6.31. The lowest BCUT2D eigenvalue weighted by molar-refractivity contribution is 0.0697. The molecule has 1 fully saturated rings. The van der Waals surface area contributed by atoms with E-state index < -0.39 is 5.97 Å². The molecule has 0 aliphatic heterocycles. The number of carbonyl (C=O) groups is 2. The molecule has 1 aliphatic rings. The van der Waals surface area contributed by atoms with Gasteiger partial charge in [-0.2, -0.15) is 0 Å². The first kappa shape index (κ1) is 14.9. The van der Waals surface area contributed by atoms with Gasteiger partial charge in [0.15, 0.2) is 0 Å². The monoisotopic (exact) mass is 286 g/mol. The second-order valence-corrected chi connectivity index (χ2v) is 5.19. The molecule has 0 heterocycles. The predicted molar refractivity (Wildman–Crippen MR) is 80.3 cm³/mol. The summed E-state index contributed by atoms with van der Waals surface area (Å²) in [5, 5.41) is 9.21. The molecule has 0 unspecified atom stereocenters. The lowest BCUT2D eigenvalue weighted by atomic mass is 10.1. The molecule has 5 nitrogen and oxygen atoms in total. The summed E-state index contributed by atoms with van der Waals surface area (Å²) < 4.78 is 0. The van der Waals surface area contributed by atoms with Crippen molar-refractivity contribution in [3.8, 4) is 12.3 Å². The normalized spacial score (nSPS) is 13.3. The Morgan fingerprint density at radius 2 is 2.05 bits per heavy atom. The number of carboxylic acids is 1. The van der Waals surface area contributed by atoms with Crippen molar-refractivity contribution in [2.75, 3.05) is 25.0 Å². The van der Waals surface area contributed by atoms with Gasteiger partial charge in [-0.3, -0.25) is 4.90 Å². The molecular formula is C16H18N2O3. The third kappa shape index (κ3) is 3.54. The summed E-state index contributed by atoms with van der Waals surface area (Å²) in [7, 11) is 1.57. The van der Waals surface area contributed by atoms with Crippen LogP contribution in [0.2, 0.25) is 0 Å². The summed E-state index contributed by atoms with van der Waals surface area (Å²) in [6.45, 7) is 0.859. The second-order valence-electron chi connectivity index (χ2n) is 5.19. The van der Waals surface area contributed by atoms with Gasteiger partial charge < -0.3 is 10.0 Å². The van der Waals surface area contributed by atoms with Crippen LogP contribution in [0.1, 0.15) is 23.2 Å². The van der Waals surface area contributed by atoms with Crippen molar-refractivity contribution in [1.29, 1.82) is 0 Å². The largest absolute Gasteiger partial charge is 0.478 e. The van der Waals surface area contributed by atoms with Crippen LogP contribution < -0.4 is 4.90 Å². The van der Waals surface area contributed by atoms with Gasteiger partial charge in [-0.1, -0.05) is 18.1 Å². The maximum Gasteiger partial charge on any atom is 0.337 e. The SMILES string of the molecule is C#CCN(CC1CC1)C(=O)N(C)c1ccccc1C(=O)O. The molecule has 2 rings (SSSR count). The first-order valence-corrected chi connectivity index (χ1v) is 6.83. The molecule has 0 saturated heterocycles. The van der Waals surface area contributed by atoms with Crippen LogP contribution in [0, 0.1) is 18.3 Å². The van der Waals surface area contributed by atoms with Crippen LogP contribution in [0.15, 0.2) is 24.3 Å². The quantitative estimate of drug-likeness (QED) is 0.845. The van der Waals surface area contributed by atoms with E-state index in [1.54, 1.807) is 30.1 Å². The van der Waals surface area contributed by atoms with Crippen LogP contribution in [0.25, 0.3) is 0 Å². The Labute approximate surface area is 124 Å². The third-order valence-corrected chi connectivity index (χ3v) is 3.51. The molecule has 5 heteroatoms. The van der Waals surface area contributed by atoms with Gasteiger partial charge in [0.1, 0.15) is 0 Å². The number of anilines is 1. The smallest absolute Gasteiger partial charge is 0.337 e. The minimum absolute atomic E-state index is 0.0976. The van der Waals surface area contributed by atoms with Crippen molar-refractivity contribution in [3.05, 3.63) is 29.8 Å². The number of benzene rings is 1. The van der Waals surface area contributed by atoms with Gasteiger partial charge in [0.05, 0.1) is 17.8 Å². The molecular weight excluding hydrogens is 268 g/mol. The number of aromatic carboxylic acids is 1. The number of urea groups is 1. The van der Waals surface area contributed by atoms with Crippen LogP contribution in [0.4, 0.5) is 10.5 Å². The van der Waals surface area contributed by atoms with E-state index in [2.05, 4.69) is 5.92 Å². The Morgan fingerprint density at radius 3 is 2.62 bits per heavy atom. The molecule has 1 aromatic carbocycles. The zero-order valence-electron chi connectivity index (χ0n) is 12.0. The van der Waals surface area contributed by atoms with E-state index in [-0.39, 0.29) is 18.1 Å². The van der Waals surface area contributed by atoms with Crippen LogP contribution in [-0.2, 0) is 0 Å². The van der Waals surface area contributed by atoms with Crippen LogP contribution >= 0.6 is 0 Å². The van der Waals surface area contributed by atoms with Crippen molar-refractivity contribution >= 4 is 17.7 Å². The number of carboxylic acid groups (broad SMARTS) is 1. The van der Waals surface area contributed by atoms with Crippen LogP contribution in [0.3, 0.4) is 0 Å². The van der Waals surface area contributed by atoms with Crippen LogP contribution in [0.5, 0.6) is 0 Å². The molecule has 0 bridgehead atoms. The number of nitrogens with zero attached hydrogens (tertiary/aromatic N) is 2. The highest BCUT2D eigenvalue weighted by atomic mass is 16.4. The molecule has 2 amide bonds. The van der Waals surface area contributed by atoms with E-state index in [0.29, 0.717) is 18.2 Å². The molecule has 0 radical (unpaired) electrons. The van der Waals surface area contributed by atoms with Crippen molar-refractivity contribution < 1.29 is 14.7 Å². The summed E-state index contributed by atoms with van der Waals surface area (Å²) in [4.78, 5) is 26.7. The lowest BCUT2D eigenvalue weighted by Crippen LogP contribution is -2.43. The van der Waals surface area contributed by atoms with Gasteiger partial charge in [0.25, 0.3) is 0 Å². The lowest BCUT2D eigenvalue weighted by Gasteiger charge is -2.27. The molecule has 1 saturated carbocycles. The standard InChI is InChI=1S/C16H18N2O3/c1-3-10-18(11-12-8-9-12)16(21)17(2)14-7-5-4-6-13(14)15(19)20/h1,4-7,12H,8-11H2,2H3,(H,19,20). The topological polar surface area (TPSA) is 60.9 Å². The molecule has 110 valence electrons. The molecule has 21 heavy (non-hydrogen) atoms. The molecule has 0 aromatic heterocycles. The average molecular weight is 286 g/mol. The van der Waals surface area contributed by atoms with Crippen LogP contribution in [-0.4, -0.2) is 42.1 Å². The van der Waals surface area contributed by atoms with Crippen molar-refractivity contribution in [1.82, 2.24) is 4.90 Å². The number of para-hydroxylation sites is 1.